The van der Waals surface area contributed by atoms with E-state index in [0.717, 1.165) is 66.7 Å². The smallest absolute Gasteiger partial charge is 0.177 e. The van der Waals surface area contributed by atoms with E-state index in [1.54, 1.807) is 10.9 Å². The van der Waals surface area contributed by atoms with Crippen molar-refractivity contribution in [2.45, 2.75) is 0 Å². The van der Waals surface area contributed by atoms with Gasteiger partial charge in [0.2, 0.25) is 0 Å². The Hall–Kier alpha value is -6.34. The average molecular weight is 599 g/mol. The topological polar surface area (TPSA) is 69.5 Å². The van der Waals surface area contributed by atoms with Gasteiger partial charge in [0.1, 0.15) is 22.7 Å². The maximum absolute atomic E-state index is 6.86. The molecule has 0 saturated carbocycles. The molecule has 0 amide bonds. The first kappa shape index (κ1) is 26.1. The van der Waals surface area contributed by atoms with Crippen LogP contribution in [-0.2, 0) is 7.05 Å². The SMILES string of the molecule is Cn1ccc(-c2cc(Oc3cc(N(c4ccccc4)c4ccccn4)c4oc5ccccc5c4c3)c3oc4ccccc4c3c2)n1. The van der Waals surface area contributed by atoms with Crippen molar-refractivity contribution in [3.05, 3.63) is 140 Å². The number of aryl methyl sites for hydroxylation is 1. The molecule has 4 aromatic heterocycles. The number of rotatable bonds is 6. The lowest BCUT2D eigenvalue weighted by Gasteiger charge is -2.24. The molecule has 0 aliphatic carbocycles. The number of pyridine rings is 1. The lowest BCUT2D eigenvalue weighted by molar-refractivity contribution is 0.477. The lowest BCUT2D eigenvalue weighted by atomic mass is 10.1. The van der Waals surface area contributed by atoms with Gasteiger partial charge in [0.15, 0.2) is 16.9 Å². The summed E-state index contributed by atoms with van der Waals surface area (Å²) >= 11 is 0. The standard InChI is InChI=1S/C39H26N4O3/c1-42-20-18-32(41-42)25-21-30-28-13-5-8-16-35(28)46-39(30)36(22-25)44-27-23-31-29-14-6-7-15-34(29)45-38(31)33(24-27)43(26-11-3-2-4-12-26)37-17-9-10-19-40-37/h2-24H,1H3. The van der Waals surface area contributed by atoms with Crippen LogP contribution in [0.2, 0.25) is 0 Å². The van der Waals surface area contributed by atoms with Gasteiger partial charge in [-0.3, -0.25) is 9.58 Å². The maximum atomic E-state index is 6.86. The zero-order valence-electron chi connectivity index (χ0n) is 24.8. The summed E-state index contributed by atoms with van der Waals surface area (Å²) in [4.78, 5) is 6.83. The molecule has 9 rings (SSSR count). The second-order valence-corrected chi connectivity index (χ2v) is 11.2. The number of hydrogen-bond acceptors (Lipinski definition) is 6. The minimum Gasteiger partial charge on any atom is -0.454 e. The summed E-state index contributed by atoms with van der Waals surface area (Å²) in [6, 6.07) is 42.3. The van der Waals surface area contributed by atoms with Gasteiger partial charge in [-0.25, -0.2) is 4.98 Å². The van der Waals surface area contributed by atoms with Gasteiger partial charge in [-0.1, -0.05) is 60.7 Å². The van der Waals surface area contributed by atoms with Gasteiger partial charge in [-0.2, -0.15) is 5.10 Å². The van der Waals surface area contributed by atoms with Crippen molar-refractivity contribution < 1.29 is 13.6 Å². The van der Waals surface area contributed by atoms with Crippen molar-refractivity contribution in [3.8, 4) is 22.8 Å². The molecule has 46 heavy (non-hydrogen) atoms. The van der Waals surface area contributed by atoms with E-state index < -0.39 is 0 Å². The number of aromatic nitrogens is 3. The Labute approximate surface area is 263 Å². The van der Waals surface area contributed by atoms with Crippen LogP contribution in [-0.4, -0.2) is 14.8 Å². The number of benzene rings is 5. The summed E-state index contributed by atoms with van der Waals surface area (Å²) < 4.78 is 21.6. The first-order valence-electron chi connectivity index (χ1n) is 15.0. The fourth-order valence-corrected chi connectivity index (χ4v) is 6.18. The van der Waals surface area contributed by atoms with Crippen molar-refractivity contribution in [1.29, 1.82) is 0 Å². The van der Waals surface area contributed by atoms with Crippen LogP contribution in [0.25, 0.3) is 55.1 Å². The Morgan fingerprint density at radius 1 is 0.652 bits per heavy atom. The molecule has 0 N–H and O–H groups in total. The molecule has 7 nitrogen and oxygen atoms in total. The number of anilines is 3. The second kappa shape index (κ2) is 10.4. The first-order chi connectivity index (χ1) is 22.7. The van der Waals surface area contributed by atoms with Crippen LogP contribution in [0.4, 0.5) is 17.2 Å². The van der Waals surface area contributed by atoms with Crippen LogP contribution in [0.1, 0.15) is 0 Å². The average Bonchev–Trinajstić information content (AvgIpc) is 3.81. The van der Waals surface area contributed by atoms with Crippen LogP contribution in [0.5, 0.6) is 11.5 Å². The predicted octanol–water partition coefficient (Wildman–Crippen LogP) is 10.5. The second-order valence-electron chi connectivity index (χ2n) is 11.2. The van der Waals surface area contributed by atoms with Gasteiger partial charge in [-0.05, 0) is 60.7 Å². The van der Waals surface area contributed by atoms with Gasteiger partial charge in [0, 0.05) is 58.3 Å². The van der Waals surface area contributed by atoms with E-state index in [2.05, 4.69) is 40.3 Å². The van der Waals surface area contributed by atoms with Gasteiger partial charge >= 0.3 is 0 Å². The van der Waals surface area contributed by atoms with Crippen LogP contribution >= 0.6 is 0 Å². The van der Waals surface area contributed by atoms with Crippen molar-refractivity contribution in [2.75, 3.05) is 4.90 Å². The van der Waals surface area contributed by atoms with Gasteiger partial charge < -0.3 is 13.6 Å². The van der Waals surface area contributed by atoms with E-state index in [-0.39, 0.29) is 0 Å². The Morgan fingerprint density at radius 3 is 2.07 bits per heavy atom. The number of ether oxygens (including phenoxy) is 1. The molecular formula is C39H26N4O3. The van der Waals surface area contributed by atoms with Crippen molar-refractivity contribution >= 4 is 61.1 Å². The molecule has 0 radical (unpaired) electrons. The molecule has 0 atom stereocenters. The highest BCUT2D eigenvalue weighted by atomic mass is 16.5. The number of hydrogen-bond donors (Lipinski definition) is 0. The van der Waals surface area contributed by atoms with Crippen LogP contribution in [0.3, 0.4) is 0 Å². The van der Waals surface area contributed by atoms with Crippen molar-refractivity contribution in [3.63, 3.8) is 0 Å². The molecule has 0 bridgehead atoms. The van der Waals surface area contributed by atoms with Gasteiger partial charge in [0.05, 0.1) is 11.4 Å². The van der Waals surface area contributed by atoms with Crippen LogP contribution < -0.4 is 9.64 Å². The largest absolute Gasteiger partial charge is 0.454 e. The molecule has 4 heterocycles. The summed E-state index contributed by atoms with van der Waals surface area (Å²) in [6.45, 7) is 0. The van der Waals surface area contributed by atoms with Gasteiger partial charge in [0.25, 0.3) is 0 Å². The van der Waals surface area contributed by atoms with E-state index in [0.29, 0.717) is 17.1 Å². The number of fused-ring (bicyclic) bond motifs is 6. The molecule has 9 aromatic rings. The molecule has 0 spiro atoms. The predicted molar refractivity (Wildman–Crippen MR) is 182 cm³/mol. The molecular weight excluding hydrogens is 572 g/mol. The minimum atomic E-state index is 0.594. The highest BCUT2D eigenvalue weighted by molar-refractivity contribution is 6.11. The molecule has 0 fully saturated rings. The van der Waals surface area contributed by atoms with E-state index in [1.807, 2.05) is 110 Å². The van der Waals surface area contributed by atoms with Crippen LogP contribution in [0.15, 0.2) is 149 Å². The zero-order chi connectivity index (χ0) is 30.6. The normalized spacial score (nSPS) is 11.6. The van der Waals surface area contributed by atoms with E-state index in [4.69, 9.17) is 18.6 Å². The Bertz CT molecular complexity index is 2490. The van der Waals surface area contributed by atoms with Crippen molar-refractivity contribution in [1.82, 2.24) is 14.8 Å². The zero-order valence-corrected chi connectivity index (χ0v) is 24.8. The van der Waals surface area contributed by atoms with E-state index in [9.17, 15) is 0 Å². The van der Waals surface area contributed by atoms with Gasteiger partial charge in [-0.15, -0.1) is 0 Å². The summed E-state index contributed by atoms with van der Waals surface area (Å²) in [5.74, 6) is 1.98. The molecule has 0 saturated heterocycles. The first-order valence-corrected chi connectivity index (χ1v) is 15.0. The third-order valence-electron chi connectivity index (χ3n) is 8.25. The van der Waals surface area contributed by atoms with E-state index >= 15 is 0 Å². The summed E-state index contributed by atoms with van der Waals surface area (Å²) in [5, 5.41) is 8.58. The summed E-state index contributed by atoms with van der Waals surface area (Å²) in [5.41, 5.74) is 6.52. The third-order valence-corrected chi connectivity index (χ3v) is 8.25. The van der Waals surface area contributed by atoms with Crippen molar-refractivity contribution in [2.24, 2.45) is 7.05 Å². The fraction of sp³-hybridized carbons (Fsp3) is 0.0256. The Balaban J connectivity index is 1.30. The summed E-state index contributed by atoms with van der Waals surface area (Å²) in [6.07, 6.45) is 3.73. The van der Waals surface area contributed by atoms with E-state index in [1.165, 1.54) is 0 Å². The molecule has 7 heteroatoms. The highest BCUT2D eigenvalue weighted by Gasteiger charge is 2.23. The molecule has 5 aromatic carbocycles. The lowest BCUT2D eigenvalue weighted by Crippen LogP contribution is -2.11. The molecule has 0 aliphatic heterocycles. The number of nitrogens with zero attached hydrogens (tertiary/aromatic N) is 4. The fourth-order valence-electron chi connectivity index (χ4n) is 6.18. The number of para-hydroxylation sites is 3. The third kappa shape index (κ3) is 4.29. The molecule has 0 unspecified atom stereocenters. The molecule has 220 valence electrons. The molecule has 0 aliphatic rings. The Kier molecular flexibility index (Phi) is 5.89. The highest BCUT2D eigenvalue weighted by Crippen LogP contribution is 2.46. The quantitative estimate of drug-likeness (QED) is 0.190. The maximum Gasteiger partial charge on any atom is 0.177 e. The summed E-state index contributed by atoms with van der Waals surface area (Å²) in [7, 11) is 1.92. The Morgan fingerprint density at radius 2 is 1.35 bits per heavy atom. The number of furan rings is 2. The minimum absolute atomic E-state index is 0.594. The van der Waals surface area contributed by atoms with Crippen LogP contribution in [0, 0.1) is 0 Å². The monoisotopic (exact) mass is 598 g/mol.